The molecule has 2 aromatic carbocycles. The van der Waals surface area contributed by atoms with Gasteiger partial charge in [-0.2, -0.15) is 0 Å². The Bertz CT molecular complexity index is 878. The molecule has 0 unspecified atom stereocenters. The van der Waals surface area contributed by atoms with Gasteiger partial charge in [0.25, 0.3) is 0 Å². The molecule has 172 valence electrons. The zero-order chi connectivity index (χ0) is 22.2. The molecule has 0 aliphatic carbocycles. The van der Waals surface area contributed by atoms with Gasteiger partial charge in [0.1, 0.15) is 19.0 Å². The van der Waals surface area contributed by atoms with Crippen LogP contribution < -0.4 is 19.5 Å². The Balaban J connectivity index is 1.31. The molecule has 2 aromatic rings. The monoisotopic (exact) mass is 438 g/mol. The largest absolute Gasteiger partial charge is 0.493 e. The maximum absolute atomic E-state index is 12.7. The van der Waals surface area contributed by atoms with Crippen molar-refractivity contribution in [3.63, 3.8) is 0 Å². The summed E-state index contributed by atoms with van der Waals surface area (Å²) >= 11 is 0. The number of hydrogen-bond acceptors (Lipinski definition) is 5. The molecule has 1 N–H and O–H groups in total. The zero-order valence-electron chi connectivity index (χ0n) is 19.0. The van der Waals surface area contributed by atoms with Crippen molar-refractivity contribution in [2.75, 3.05) is 39.5 Å². The summed E-state index contributed by atoms with van der Waals surface area (Å²) in [5, 5.41) is 3.24. The third-order valence-electron chi connectivity index (χ3n) is 6.06. The van der Waals surface area contributed by atoms with Gasteiger partial charge in [-0.05, 0) is 74.2 Å². The quantitative estimate of drug-likeness (QED) is 0.614. The number of ether oxygens (including phenoxy) is 3. The average Bonchev–Trinajstić information content (AvgIpc) is 3.32. The molecule has 0 radical (unpaired) electrons. The Morgan fingerprint density at radius 1 is 1.03 bits per heavy atom. The van der Waals surface area contributed by atoms with Crippen molar-refractivity contribution >= 4 is 5.91 Å². The van der Waals surface area contributed by atoms with E-state index in [1.54, 1.807) is 0 Å². The molecule has 1 atom stereocenters. The number of likely N-dealkylation sites (tertiary alicyclic amines) is 1. The lowest BCUT2D eigenvalue weighted by atomic mass is 10.0. The van der Waals surface area contributed by atoms with Gasteiger partial charge >= 0.3 is 0 Å². The van der Waals surface area contributed by atoms with Crippen LogP contribution in [0.1, 0.15) is 37.3 Å². The maximum atomic E-state index is 12.7. The summed E-state index contributed by atoms with van der Waals surface area (Å²) in [7, 11) is 0. The van der Waals surface area contributed by atoms with Crippen LogP contribution in [-0.4, -0.2) is 56.3 Å². The Kier molecular flexibility index (Phi) is 7.88. The lowest BCUT2D eigenvalue weighted by molar-refractivity contribution is -0.122. The average molecular weight is 439 g/mol. The van der Waals surface area contributed by atoms with E-state index in [4.69, 9.17) is 14.2 Å². The van der Waals surface area contributed by atoms with E-state index in [2.05, 4.69) is 35.3 Å². The first-order valence-corrected chi connectivity index (χ1v) is 11.8. The van der Waals surface area contributed by atoms with Gasteiger partial charge in [-0.25, -0.2) is 0 Å². The first-order chi connectivity index (χ1) is 15.7. The van der Waals surface area contributed by atoms with E-state index in [-0.39, 0.29) is 11.9 Å². The van der Waals surface area contributed by atoms with Crippen LogP contribution in [0.5, 0.6) is 17.2 Å². The van der Waals surface area contributed by atoms with E-state index in [0.717, 1.165) is 55.3 Å². The van der Waals surface area contributed by atoms with E-state index >= 15 is 0 Å². The molecule has 2 aliphatic heterocycles. The fraction of sp³-hybridized carbons (Fsp3) is 0.500. The minimum Gasteiger partial charge on any atom is -0.493 e. The van der Waals surface area contributed by atoms with Crippen LogP contribution >= 0.6 is 0 Å². The van der Waals surface area contributed by atoms with E-state index in [9.17, 15) is 4.79 Å². The van der Waals surface area contributed by atoms with Gasteiger partial charge in [0.05, 0.1) is 13.0 Å². The first kappa shape index (κ1) is 22.5. The van der Waals surface area contributed by atoms with Gasteiger partial charge in [0.15, 0.2) is 11.5 Å². The number of nitrogens with zero attached hydrogens (tertiary/aromatic N) is 1. The number of carbonyl (C=O) groups excluding carboxylic acids is 1. The summed E-state index contributed by atoms with van der Waals surface area (Å²) in [4.78, 5) is 15.1. The Hall–Kier alpha value is -2.73. The molecule has 1 amide bonds. The number of rotatable bonds is 10. The van der Waals surface area contributed by atoms with E-state index < -0.39 is 0 Å². The van der Waals surface area contributed by atoms with Gasteiger partial charge in [-0.3, -0.25) is 4.79 Å². The molecule has 2 aliphatic rings. The second kappa shape index (κ2) is 11.2. The molecule has 0 spiro atoms. The molecule has 6 heteroatoms. The van der Waals surface area contributed by atoms with E-state index in [1.807, 2.05) is 24.3 Å². The van der Waals surface area contributed by atoms with Crippen molar-refractivity contribution < 1.29 is 19.0 Å². The smallest absolute Gasteiger partial charge is 0.223 e. The first-order valence-electron chi connectivity index (χ1n) is 11.8. The van der Waals surface area contributed by atoms with Crippen LogP contribution in [0.2, 0.25) is 0 Å². The second-order valence-corrected chi connectivity index (χ2v) is 8.55. The van der Waals surface area contributed by atoms with Gasteiger partial charge in [0.2, 0.25) is 5.91 Å². The summed E-state index contributed by atoms with van der Waals surface area (Å²) in [6.45, 7) is 6.73. The number of fused-ring (bicyclic) bond motifs is 1. The molecular weight excluding hydrogens is 404 g/mol. The lowest BCUT2D eigenvalue weighted by Crippen LogP contribution is -2.44. The number of carbonyl (C=O) groups is 1. The minimum atomic E-state index is 0.0249. The molecule has 1 fully saturated rings. The van der Waals surface area contributed by atoms with Crippen molar-refractivity contribution in [1.82, 2.24) is 10.2 Å². The molecule has 0 saturated carbocycles. The fourth-order valence-corrected chi connectivity index (χ4v) is 4.32. The second-order valence-electron chi connectivity index (χ2n) is 8.55. The molecule has 4 rings (SSSR count). The zero-order valence-corrected chi connectivity index (χ0v) is 19.0. The van der Waals surface area contributed by atoms with Gasteiger partial charge in [-0.15, -0.1) is 0 Å². The predicted molar refractivity (Wildman–Crippen MR) is 125 cm³/mol. The summed E-state index contributed by atoms with van der Waals surface area (Å²) in [5.74, 6) is 2.42. The maximum Gasteiger partial charge on any atom is 0.223 e. The van der Waals surface area contributed by atoms with Gasteiger partial charge in [0, 0.05) is 12.6 Å². The Morgan fingerprint density at radius 2 is 1.75 bits per heavy atom. The van der Waals surface area contributed by atoms with Gasteiger partial charge < -0.3 is 24.4 Å². The summed E-state index contributed by atoms with van der Waals surface area (Å²) in [5.41, 5.74) is 2.42. The molecule has 32 heavy (non-hydrogen) atoms. The normalized spacial score (nSPS) is 16.5. The highest BCUT2D eigenvalue weighted by Crippen LogP contribution is 2.31. The van der Waals surface area contributed by atoms with Crippen molar-refractivity contribution in [3.05, 3.63) is 53.6 Å². The molecule has 1 saturated heterocycles. The van der Waals surface area contributed by atoms with Crippen molar-refractivity contribution in [3.8, 4) is 17.2 Å². The Labute approximate surface area is 190 Å². The number of amides is 1. The predicted octanol–water partition coefficient (Wildman–Crippen LogP) is 3.61. The van der Waals surface area contributed by atoms with E-state index in [0.29, 0.717) is 26.2 Å². The molecule has 0 bridgehead atoms. The van der Waals surface area contributed by atoms with Crippen LogP contribution in [-0.2, 0) is 17.6 Å². The van der Waals surface area contributed by atoms with Crippen molar-refractivity contribution in [1.29, 1.82) is 0 Å². The minimum absolute atomic E-state index is 0.0249. The topological polar surface area (TPSA) is 60.0 Å². The van der Waals surface area contributed by atoms with Crippen LogP contribution in [0, 0.1) is 0 Å². The van der Waals surface area contributed by atoms with Crippen molar-refractivity contribution in [2.24, 2.45) is 0 Å². The molecule has 6 nitrogen and oxygen atoms in total. The summed E-state index contributed by atoms with van der Waals surface area (Å²) in [6.07, 6.45) is 4.57. The fourth-order valence-electron chi connectivity index (χ4n) is 4.32. The van der Waals surface area contributed by atoms with E-state index in [1.165, 1.54) is 18.4 Å². The number of aryl methyl sites for hydroxylation is 1. The highest BCUT2D eigenvalue weighted by molar-refractivity contribution is 5.76. The number of benzene rings is 2. The summed E-state index contributed by atoms with van der Waals surface area (Å²) in [6, 6.07) is 14.2. The standard InChI is InChI=1S/C26H34N2O4/c1-2-20-5-8-23(9-6-20)30-14-11-26(29)27-22(19-28-12-3-4-13-28)17-21-7-10-24-25(18-21)32-16-15-31-24/h5-10,18,22H,2-4,11-17,19H2,1H3,(H,27,29)/t22-/m0/s1. The summed E-state index contributed by atoms with van der Waals surface area (Å²) < 4.78 is 17.1. The highest BCUT2D eigenvalue weighted by atomic mass is 16.6. The van der Waals surface area contributed by atoms with Gasteiger partial charge in [-0.1, -0.05) is 25.1 Å². The third kappa shape index (κ3) is 6.39. The van der Waals surface area contributed by atoms with Crippen LogP contribution in [0.4, 0.5) is 0 Å². The molecule has 2 heterocycles. The number of hydrogen-bond donors (Lipinski definition) is 1. The van der Waals surface area contributed by atoms with Crippen molar-refractivity contribution in [2.45, 2.75) is 45.1 Å². The van der Waals surface area contributed by atoms with Crippen LogP contribution in [0.15, 0.2) is 42.5 Å². The highest BCUT2D eigenvalue weighted by Gasteiger charge is 2.21. The van der Waals surface area contributed by atoms with Crippen LogP contribution in [0.3, 0.4) is 0 Å². The third-order valence-corrected chi connectivity index (χ3v) is 6.06. The number of nitrogens with one attached hydrogen (secondary N) is 1. The molecule has 0 aromatic heterocycles. The Morgan fingerprint density at radius 3 is 2.50 bits per heavy atom. The SMILES string of the molecule is CCc1ccc(OCCC(=O)N[C@@H](Cc2ccc3c(c2)OCCO3)CN2CCCC2)cc1. The van der Waals surface area contributed by atoms with Crippen LogP contribution in [0.25, 0.3) is 0 Å². The molecular formula is C26H34N2O4. The lowest BCUT2D eigenvalue weighted by Gasteiger charge is -2.25.